The van der Waals surface area contributed by atoms with Gasteiger partial charge in [0.2, 0.25) is 0 Å². The van der Waals surface area contributed by atoms with Crippen LogP contribution in [0.4, 0.5) is 0 Å². The molecule has 1 aliphatic carbocycles. The Morgan fingerprint density at radius 1 is 0.377 bits per heavy atom. The fraction of sp³-hybridized carbons (Fsp3) is 0.132. The Labute approximate surface area is 312 Å². The van der Waals surface area contributed by atoms with Crippen LogP contribution in [-0.2, 0) is 10.8 Å². The summed E-state index contributed by atoms with van der Waals surface area (Å²) in [5, 5.41) is 8.18. The van der Waals surface area contributed by atoms with Gasteiger partial charge in [0.15, 0.2) is 0 Å². The van der Waals surface area contributed by atoms with Crippen molar-refractivity contribution in [3.05, 3.63) is 180 Å². The SMILES string of the molecule is CC(C)(C)c1cc2ccc3cc4c(c5ccc(c1)c2c35)-c1ccc(-c2ccc(-c3ccc(-c5ccc(-c6ccccc6)cc5)cc3)cc2)cc1C4(C)C. The molecule has 0 saturated carbocycles. The molecule has 0 N–H and O–H groups in total. The molecule has 0 heterocycles. The number of hydrogen-bond donors (Lipinski definition) is 0. The molecule has 0 saturated heterocycles. The molecule has 10 rings (SSSR count). The first-order chi connectivity index (χ1) is 25.6. The molecule has 0 heteroatoms. The van der Waals surface area contributed by atoms with Gasteiger partial charge in [-0.25, -0.2) is 0 Å². The Hall–Kier alpha value is -5.98. The third-order valence-electron chi connectivity index (χ3n) is 12.0. The van der Waals surface area contributed by atoms with Crippen LogP contribution in [0.2, 0.25) is 0 Å². The quantitative estimate of drug-likeness (QED) is 0.163. The summed E-state index contributed by atoms with van der Waals surface area (Å²) in [6.07, 6.45) is 0. The second kappa shape index (κ2) is 11.5. The van der Waals surface area contributed by atoms with Crippen molar-refractivity contribution in [2.45, 2.75) is 45.4 Å². The third kappa shape index (κ3) is 5.04. The molecule has 0 bridgehead atoms. The van der Waals surface area contributed by atoms with E-state index in [1.165, 1.54) is 105 Å². The van der Waals surface area contributed by atoms with E-state index >= 15 is 0 Å². The van der Waals surface area contributed by atoms with E-state index in [1.54, 1.807) is 0 Å². The first kappa shape index (κ1) is 31.7. The maximum Gasteiger partial charge on any atom is 0.0159 e. The highest BCUT2D eigenvalue weighted by atomic mass is 14.4. The monoisotopic (exact) mass is 678 g/mol. The predicted molar refractivity (Wildman–Crippen MR) is 228 cm³/mol. The van der Waals surface area contributed by atoms with Crippen LogP contribution in [0.3, 0.4) is 0 Å². The van der Waals surface area contributed by atoms with Crippen LogP contribution in [0.1, 0.15) is 51.3 Å². The molecular formula is C53H42. The molecule has 53 heavy (non-hydrogen) atoms. The summed E-state index contributed by atoms with van der Waals surface area (Å²) in [7, 11) is 0. The van der Waals surface area contributed by atoms with Gasteiger partial charge >= 0.3 is 0 Å². The average molecular weight is 679 g/mol. The lowest BCUT2D eigenvalue weighted by Crippen LogP contribution is -2.15. The van der Waals surface area contributed by atoms with Crippen molar-refractivity contribution in [1.82, 2.24) is 0 Å². The van der Waals surface area contributed by atoms with E-state index in [4.69, 9.17) is 0 Å². The number of fused-ring (bicyclic) bond motifs is 4. The molecule has 1 aliphatic rings. The Morgan fingerprint density at radius 2 is 0.811 bits per heavy atom. The van der Waals surface area contributed by atoms with Crippen LogP contribution in [-0.4, -0.2) is 0 Å². The third-order valence-corrected chi connectivity index (χ3v) is 12.0. The standard InChI is InChI=1S/C53H42/c1-52(2,3)44-29-41-23-24-43-32-48-51(46-28-26-42(30-44)49(41)50(43)46)45-27-25-40(31-47(45)53(48,4)5)39-21-19-38(20-22-39)37-17-15-36(16-18-37)35-13-11-34(12-14-35)33-9-7-6-8-10-33/h6-32H,1-5H3. The topological polar surface area (TPSA) is 0 Å². The highest BCUT2D eigenvalue weighted by molar-refractivity contribution is 6.26. The first-order valence-electron chi connectivity index (χ1n) is 18.9. The van der Waals surface area contributed by atoms with Crippen LogP contribution in [0.5, 0.6) is 0 Å². The van der Waals surface area contributed by atoms with Crippen molar-refractivity contribution in [3.8, 4) is 55.6 Å². The summed E-state index contributed by atoms with van der Waals surface area (Å²) >= 11 is 0. The molecule has 0 nitrogen and oxygen atoms in total. The molecule has 254 valence electrons. The maximum atomic E-state index is 2.48. The minimum Gasteiger partial charge on any atom is -0.0622 e. The van der Waals surface area contributed by atoms with Crippen molar-refractivity contribution in [2.75, 3.05) is 0 Å². The summed E-state index contributed by atoms with van der Waals surface area (Å²) in [5.41, 5.74) is 16.9. The summed E-state index contributed by atoms with van der Waals surface area (Å²) < 4.78 is 0. The van der Waals surface area contributed by atoms with Gasteiger partial charge < -0.3 is 0 Å². The molecule has 0 fully saturated rings. The summed E-state index contributed by atoms with van der Waals surface area (Å²) in [6.45, 7) is 11.7. The summed E-state index contributed by atoms with van der Waals surface area (Å²) in [4.78, 5) is 0. The van der Waals surface area contributed by atoms with Gasteiger partial charge in [0, 0.05) is 5.41 Å². The average Bonchev–Trinajstić information content (AvgIpc) is 3.42. The molecule has 9 aromatic rings. The zero-order valence-corrected chi connectivity index (χ0v) is 31.1. The van der Waals surface area contributed by atoms with Crippen LogP contribution >= 0.6 is 0 Å². The highest BCUT2D eigenvalue weighted by Gasteiger charge is 2.37. The first-order valence-corrected chi connectivity index (χ1v) is 18.9. The summed E-state index contributed by atoms with van der Waals surface area (Å²) in [6, 6.07) is 61.3. The Morgan fingerprint density at radius 3 is 1.32 bits per heavy atom. The van der Waals surface area contributed by atoms with Crippen molar-refractivity contribution in [1.29, 1.82) is 0 Å². The van der Waals surface area contributed by atoms with Crippen LogP contribution < -0.4 is 0 Å². The zero-order valence-electron chi connectivity index (χ0n) is 31.1. The van der Waals surface area contributed by atoms with Gasteiger partial charge in [-0.15, -0.1) is 0 Å². The van der Waals surface area contributed by atoms with E-state index in [0.717, 1.165) is 0 Å². The Kier molecular flexibility index (Phi) is 6.89. The van der Waals surface area contributed by atoms with Gasteiger partial charge in [-0.1, -0.05) is 186 Å². The van der Waals surface area contributed by atoms with Crippen molar-refractivity contribution in [2.24, 2.45) is 0 Å². The zero-order chi connectivity index (χ0) is 36.1. The molecule has 0 unspecified atom stereocenters. The number of benzene rings is 9. The van der Waals surface area contributed by atoms with Gasteiger partial charge in [0.1, 0.15) is 0 Å². The number of rotatable bonds is 4. The van der Waals surface area contributed by atoms with E-state index in [0.29, 0.717) is 0 Å². The van der Waals surface area contributed by atoms with E-state index in [9.17, 15) is 0 Å². The molecule has 0 radical (unpaired) electrons. The lowest BCUT2D eigenvalue weighted by atomic mass is 9.79. The van der Waals surface area contributed by atoms with Crippen molar-refractivity contribution in [3.63, 3.8) is 0 Å². The van der Waals surface area contributed by atoms with E-state index in [-0.39, 0.29) is 10.8 Å². The second-order valence-electron chi connectivity index (χ2n) is 16.6. The molecule has 0 spiro atoms. The van der Waals surface area contributed by atoms with E-state index in [2.05, 4.69) is 198 Å². The lowest BCUT2D eigenvalue weighted by Gasteiger charge is -2.24. The molecule has 9 aromatic carbocycles. The van der Waals surface area contributed by atoms with Gasteiger partial charge in [0.25, 0.3) is 0 Å². The fourth-order valence-corrected chi connectivity index (χ4v) is 8.91. The molecule has 0 aliphatic heterocycles. The largest absolute Gasteiger partial charge is 0.0622 e. The lowest BCUT2D eigenvalue weighted by molar-refractivity contribution is 0.591. The number of hydrogen-bond acceptors (Lipinski definition) is 0. The second-order valence-corrected chi connectivity index (χ2v) is 16.6. The summed E-state index contributed by atoms with van der Waals surface area (Å²) in [5.74, 6) is 0. The Bertz CT molecular complexity index is 2810. The molecular weight excluding hydrogens is 637 g/mol. The van der Waals surface area contributed by atoms with Gasteiger partial charge in [0.05, 0.1) is 0 Å². The van der Waals surface area contributed by atoms with E-state index in [1.807, 2.05) is 0 Å². The van der Waals surface area contributed by atoms with Gasteiger partial charge in [-0.05, 0) is 122 Å². The van der Waals surface area contributed by atoms with E-state index < -0.39 is 0 Å². The van der Waals surface area contributed by atoms with Crippen molar-refractivity contribution >= 4 is 32.3 Å². The maximum absolute atomic E-state index is 2.48. The minimum atomic E-state index is -0.103. The van der Waals surface area contributed by atoms with Crippen LogP contribution in [0.15, 0.2) is 164 Å². The smallest absolute Gasteiger partial charge is 0.0159 e. The highest BCUT2D eigenvalue weighted by Crippen LogP contribution is 2.54. The normalized spacial score (nSPS) is 13.5. The van der Waals surface area contributed by atoms with Crippen LogP contribution in [0, 0.1) is 0 Å². The fourth-order valence-electron chi connectivity index (χ4n) is 8.91. The molecule has 0 atom stereocenters. The molecule has 0 aromatic heterocycles. The van der Waals surface area contributed by atoms with Gasteiger partial charge in [-0.3, -0.25) is 0 Å². The predicted octanol–water partition coefficient (Wildman–Crippen LogP) is 14.9. The van der Waals surface area contributed by atoms with Gasteiger partial charge in [-0.2, -0.15) is 0 Å². The van der Waals surface area contributed by atoms with Crippen molar-refractivity contribution < 1.29 is 0 Å². The minimum absolute atomic E-state index is 0.103. The molecule has 0 amide bonds. The van der Waals surface area contributed by atoms with Crippen LogP contribution in [0.25, 0.3) is 88.0 Å². The Balaban J connectivity index is 0.964.